The minimum absolute atomic E-state index is 0.216. The van der Waals surface area contributed by atoms with Crippen LogP contribution < -0.4 is 5.32 Å². The van der Waals surface area contributed by atoms with Crippen molar-refractivity contribution in [1.82, 2.24) is 10.2 Å². The van der Waals surface area contributed by atoms with Gasteiger partial charge in [0.25, 0.3) is 0 Å². The molecular formula is C13H30N2O2. The fourth-order valence-electron chi connectivity index (χ4n) is 1.92. The summed E-state index contributed by atoms with van der Waals surface area (Å²) >= 11 is 0. The van der Waals surface area contributed by atoms with Crippen LogP contribution in [0.1, 0.15) is 27.2 Å². The van der Waals surface area contributed by atoms with Crippen molar-refractivity contribution < 1.29 is 9.84 Å². The highest BCUT2D eigenvalue weighted by molar-refractivity contribution is 4.68. The van der Waals surface area contributed by atoms with E-state index in [4.69, 9.17) is 4.74 Å². The highest BCUT2D eigenvalue weighted by Gasteiger charge is 2.11. The Kier molecular flexibility index (Phi) is 10.9. The molecule has 4 nitrogen and oxygen atoms in total. The van der Waals surface area contributed by atoms with Crippen molar-refractivity contribution in [3.05, 3.63) is 0 Å². The monoisotopic (exact) mass is 246 g/mol. The molecule has 0 fully saturated rings. The van der Waals surface area contributed by atoms with Crippen LogP contribution in [0.15, 0.2) is 0 Å². The number of likely N-dealkylation sites (N-methyl/N-ethyl adjacent to an activating group) is 1. The lowest BCUT2D eigenvalue weighted by Crippen LogP contribution is -2.38. The van der Waals surface area contributed by atoms with Gasteiger partial charge in [-0.2, -0.15) is 0 Å². The Morgan fingerprint density at radius 2 is 2.00 bits per heavy atom. The zero-order chi connectivity index (χ0) is 13.1. The molecule has 0 radical (unpaired) electrons. The van der Waals surface area contributed by atoms with Crippen LogP contribution in [0.25, 0.3) is 0 Å². The first kappa shape index (κ1) is 16.8. The number of aliphatic hydroxyl groups is 1. The topological polar surface area (TPSA) is 44.7 Å². The molecule has 0 aliphatic heterocycles. The van der Waals surface area contributed by atoms with Crippen LogP contribution in [-0.2, 0) is 4.74 Å². The number of methoxy groups -OCH3 is 1. The second-order valence-corrected chi connectivity index (χ2v) is 4.91. The van der Waals surface area contributed by atoms with E-state index in [2.05, 4.69) is 31.0 Å². The number of rotatable bonds is 11. The second kappa shape index (κ2) is 11.0. The summed E-state index contributed by atoms with van der Waals surface area (Å²) in [7, 11) is 1.74. The molecule has 104 valence electrons. The van der Waals surface area contributed by atoms with E-state index in [0.717, 1.165) is 39.2 Å². The summed E-state index contributed by atoms with van der Waals surface area (Å²) < 4.78 is 5.13. The molecule has 0 aliphatic rings. The summed E-state index contributed by atoms with van der Waals surface area (Å²) in [6.45, 7) is 11.5. The number of nitrogens with zero attached hydrogens (tertiary/aromatic N) is 1. The van der Waals surface area contributed by atoms with Crippen LogP contribution >= 0.6 is 0 Å². The molecule has 17 heavy (non-hydrogen) atoms. The molecular weight excluding hydrogens is 216 g/mol. The normalized spacial score (nSPS) is 13.6. The van der Waals surface area contributed by atoms with Gasteiger partial charge in [-0.1, -0.05) is 20.8 Å². The Labute approximate surface area is 106 Å². The molecule has 0 rings (SSSR count). The molecule has 0 aromatic carbocycles. The molecule has 0 amide bonds. The first-order chi connectivity index (χ1) is 8.13. The van der Waals surface area contributed by atoms with Gasteiger partial charge in [-0.05, 0) is 25.4 Å². The summed E-state index contributed by atoms with van der Waals surface area (Å²) in [6, 6.07) is 0.220. The van der Waals surface area contributed by atoms with Gasteiger partial charge >= 0.3 is 0 Å². The van der Waals surface area contributed by atoms with Gasteiger partial charge in [0.1, 0.15) is 0 Å². The number of nitrogens with one attached hydrogen (secondary N) is 1. The highest BCUT2D eigenvalue weighted by Crippen LogP contribution is 2.02. The lowest BCUT2D eigenvalue weighted by molar-refractivity contribution is 0.132. The summed E-state index contributed by atoms with van der Waals surface area (Å²) in [5.74, 6) is 0.665. The molecule has 1 unspecified atom stereocenters. The van der Waals surface area contributed by atoms with Gasteiger partial charge in [0.15, 0.2) is 0 Å². The number of hydrogen-bond acceptors (Lipinski definition) is 4. The average Bonchev–Trinajstić information content (AvgIpc) is 2.30. The largest absolute Gasteiger partial charge is 0.395 e. The Morgan fingerprint density at radius 1 is 1.29 bits per heavy atom. The Bertz CT molecular complexity index is 165. The Balaban J connectivity index is 3.94. The van der Waals surface area contributed by atoms with E-state index < -0.39 is 0 Å². The number of hydrogen-bond donors (Lipinski definition) is 2. The molecule has 0 aliphatic carbocycles. The summed E-state index contributed by atoms with van der Waals surface area (Å²) in [5.41, 5.74) is 0. The molecule has 1 atom stereocenters. The van der Waals surface area contributed by atoms with Crippen molar-refractivity contribution in [2.45, 2.75) is 33.2 Å². The maximum Gasteiger partial charge on any atom is 0.0589 e. The average molecular weight is 246 g/mol. The van der Waals surface area contributed by atoms with Gasteiger partial charge in [-0.25, -0.2) is 0 Å². The predicted molar refractivity (Wildman–Crippen MR) is 72.3 cm³/mol. The van der Waals surface area contributed by atoms with Crippen molar-refractivity contribution in [1.29, 1.82) is 0 Å². The lowest BCUT2D eigenvalue weighted by Gasteiger charge is -2.26. The smallest absolute Gasteiger partial charge is 0.0589 e. The van der Waals surface area contributed by atoms with E-state index in [0.29, 0.717) is 5.92 Å². The second-order valence-electron chi connectivity index (χ2n) is 4.91. The molecule has 0 aromatic heterocycles. The molecule has 0 spiro atoms. The third-order valence-electron chi connectivity index (χ3n) is 2.74. The van der Waals surface area contributed by atoms with E-state index in [1.165, 1.54) is 0 Å². The van der Waals surface area contributed by atoms with E-state index >= 15 is 0 Å². The molecule has 2 N–H and O–H groups in total. The number of ether oxygens (including phenoxy) is 1. The molecule has 0 heterocycles. The van der Waals surface area contributed by atoms with Gasteiger partial charge < -0.3 is 20.1 Å². The SMILES string of the molecule is CCNC(CO)CCN(CCOC)CC(C)C. The molecule has 0 aromatic rings. The highest BCUT2D eigenvalue weighted by atomic mass is 16.5. The lowest BCUT2D eigenvalue weighted by atomic mass is 10.1. The van der Waals surface area contributed by atoms with Crippen LogP contribution in [0.4, 0.5) is 0 Å². The summed E-state index contributed by atoms with van der Waals surface area (Å²) in [6.07, 6.45) is 0.987. The van der Waals surface area contributed by atoms with Crippen molar-refractivity contribution in [2.24, 2.45) is 5.92 Å². The first-order valence-corrected chi connectivity index (χ1v) is 6.69. The summed E-state index contributed by atoms with van der Waals surface area (Å²) in [4.78, 5) is 2.41. The maximum absolute atomic E-state index is 9.22. The third kappa shape index (κ3) is 9.53. The zero-order valence-electron chi connectivity index (χ0n) is 11.9. The van der Waals surface area contributed by atoms with Crippen LogP contribution in [0, 0.1) is 5.92 Å². The Morgan fingerprint density at radius 3 is 2.47 bits per heavy atom. The minimum atomic E-state index is 0.216. The van der Waals surface area contributed by atoms with Gasteiger partial charge in [0.05, 0.1) is 13.2 Å². The maximum atomic E-state index is 9.22. The third-order valence-corrected chi connectivity index (χ3v) is 2.74. The van der Waals surface area contributed by atoms with Crippen LogP contribution in [0.5, 0.6) is 0 Å². The number of aliphatic hydroxyl groups excluding tert-OH is 1. The summed E-state index contributed by atoms with van der Waals surface area (Å²) in [5, 5.41) is 12.5. The van der Waals surface area contributed by atoms with E-state index in [9.17, 15) is 5.11 Å². The first-order valence-electron chi connectivity index (χ1n) is 6.69. The van der Waals surface area contributed by atoms with Crippen LogP contribution in [0.2, 0.25) is 0 Å². The van der Waals surface area contributed by atoms with Gasteiger partial charge in [-0.3, -0.25) is 0 Å². The standard InChI is InChI=1S/C13H30N2O2/c1-5-14-13(11-16)6-7-15(8-9-17-4)10-12(2)3/h12-14,16H,5-11H2,1-4H3. The van der Waals surface area contributed by atoms with Crippen LogP contribution in [0.3, 0.4) is 0 Å². The van der Waals surface area contributed by atoms with E-state index in [1.807, 2.05) is 0 Å². The molecule has 0 saturated heterocycles. The Hall–Kier alpha value is -0.160. The van der Waals surface area contributed by atoms with Gasteiger partial charge in [0.2, 0.25) is 0 Å². The van der Waals surface area contributed by atoms with Gasteiger partial charge in [0, 0.05) is 26.2 Å². The molecule has 4 heteroatoms. The van der Waals surface area contributed by atoms with Crippen molar-refractivity contribution >= 4 is 0 Å². The fourth-order valence-corrected chi connectivity index (χ4v) is 1.92. The van der Waals surface area contributed by atoms with Crippen molar-refractivity contribution in [3.63, 3.8) is 0 Å². The fraction of sp³-hybridized carbons (Fsp3) is 1.00. The predicted octanol–water partition coefficient (Wildman–Crippen LogP) is 0.951. The van der Waals surface area contributed by atoms with Gasteiger partial charge in [-0.15, -0.1) is 0 Å². The van der Waals surface area contributed by atoms with Crippen molar-refractivity contribution in [2.75, 3.05) is 46.5 Å². The van der Waals surface area contributed by atoms with Crippen LogP contribution in [-0.4, -0.2) is 62.6 Å². The minimum Gasteiger partial charge on any atom is -0.395 e. The zero-order valence-corrected chi connectivity index (χ0v) is 11.9. The van der Waals surface area contributed by atoms with E-state index in [-0.39, 0.29) is 12.6 Å². The van der Waals surface area contributed by atoms with Crippen molar-refractivity contribution in [3.8, 4) is 0 Å². The molecule has 0 saturated carbocycles. The molecule has 0 bridgehead atoms. The quantitative estimate of drug-likeness (QED) is 0.570. The van der Waals surface area contributed by atoms with E-state index in [1.54, 1.807) is 7.11 Å².